The first-order valence-electron chi connectivity index (χ1n) is 6.73. The third-order valence-electron chi connectivity index (χ3n) is 4.04. The van der Waals surface area contributed by atoms with Crippen LogP contribution in [0.4, 0.5) is 0 Å². The third kappa shape index (κ3) is 3.16. The Bertz CT molecular complexity index is 545. The van der Waals surface area contributed by atoms with Gasteiger partial charge in [-0.1, -0.05) is 0 Å². The molecule has 0 aromatic carbocycles. The van der Waals surface area contributed by atoms with E-state index in [2.05, 4.69) is 0 Å². The van der Waals surface area contributed by atoms with Crippen LogP contribution in [0.15, 0.2) is 0 Å². The van der Waals surface area contributed by atoms with Crippen molar-refractivity contribution in [2.45, 2.75) is 19.0 Å². The summed E-state index contributed by atoms with van der Waals surface area (Å²) in [5.74, 6) is -0.0220. The van der Waals surface area contributed by atoms with Crippen LogP contribution in [0.3, 0.4) is 0 Å². The molecule has 2 heterocycles. The van der Waals surface area contributed by atoms with E-state index in [9.17, 15) is 16.8 Å². The number of hydrogen-bond acceptors (Lipinski definition) is 6. The maximum Gasteiger partial charge on any atom is 0.214 e. The van der Waals surface area contributed by atoms with E-state index in [4.69, 9.17) is 4.74 Å². The second-order valence-electron chi connectivity index (χ2n) is 5.25. The normalized spacial score (nSPS) is 31.3. The molecule has 0 spiro atoms. The number of fused-ring (bicyclic) bond motifs is 1. The molecule has 0 N–H and O–H groups in total. The van der Waals surface area contributed by atoms with Gasteiger partial charge >= 0.3 is 0 Å². The van der Waals surface area contributed by atoms with Gasteiger partial charge in [0.15, 0.2) is 9.84 Å². The van der Waals surface area contributed by atoms with Gasteiger partial charge in [-0.2, -0.15) is 4.31 Å². The fourth-order valence-electron chi connectivity index (χ4n) is 2.99. The number of sulfonamides is 1. The molecule has 2 atom stereocenters. The number of nitrogens with zero attached hydrogens (tertiary/aromatic N) is 2. The maximum atomic E-state index is 12.1. The molecule has 0 aromatic rings. The van der Waals surface area contributed by atoms with Crippen LogP contribution in [0, 0.1) is 0 Å². The van der Waals surface area contributed by atoms with Gasteiger partial charge in [0, 0.05) is 32.8 Å². The van der Waals surface area contributed by atoms with Crippen LogP contribution in [0.1, 0.15) is 6.92 Å². The Morgan fingerprint density at radius 2 is 1.85 bits per heavy atom. The van der Waals surface area contributed by atoms with E-state index < -0.39 is 25.9 Å². The highest BCUT2D eigenvalue weighted by atomic mass is 32.2. The third-order valence-corrected chi connectivity index (χ3v) is 7.64. The van der Waals surface area contributed by atoms with Crippen LogP contribution in [0.25, 0.3) is 0 Å². The van der Waals surface area contributed by atoms with Crippen LogP contribution in [0.5, 0.6) is 0 Å². The number of hydrogen-bond donors (Lipinski definition) is 0. The van der Waals surface area contributed by atoms with Crippen molar-refractivity contribution in [1.82, 2.24) is 9.21 Å². The fraction of sp³-hybridized carbons (Fsp3) is 1.00. The minimum Gasteiger partial charge on any atom is -0.383 e. The fourth-order valence-corrected chi connectivity index (χ4v) is 6.42. The van der Waals surface area contributed by atoms with Gasteiger partial charge in [0.05, 0.1) is 29.9 Å². The quantitative estimate of drug-likeness (QED) is 0.629. The Morgan fingerprint density at radius 3 is 2.45 bits per heavy atom. The van der Waals surface area contributed by atoms with Crippen molar-refractivity contribution in [3.05, 3.63) is 0 Å². The molecule has 0 bridgehead atoms. The molecule has 9 heteroatoms. The highest BCUT2D eigenvalue weighted by molar-refractivity contribution is 7.92. The minimum atomic E-state index is -3.36. The number of rotatable bonds is 5. The summed E-state index contributed by atoms with van der Waals surface area (Å²) in [5, 5.41) is 0. The summed E-state index contributed by atoms with van der Waals surface area (Å²) in [5.41, 5.74) is 0. The molecule has 0 aromatic heterocycles. The van der Waals surface area contributed by atoms with Gasteiger partial charge in [-0.25, -0.2) is 16.8 Å². The van der Waals surface area contributed by atoms with Gasteiger partial charge in [0.25, 0.3) is 0 Å². The van der Waals surface area contributed by atoms with E-state index in [1.807, 2.05) is 4.90 Å². The molecule has 118 valence electrons. The van der Waals surface area contributed by atoms with Gasteiger partial charge in [0.2, 0.25) is 10.0 Å². The first-order valence-corrected chi connectivity index (χ1v) is 10.2. The molecule has 2 fully saturated rings. The van der Waals surface area contributed by atoms with Crippen molar-refractivity contribution in [3.8, 4) is 0 Å². The van der Waals surface area contributed by atoms with Crippen molar-refractivity contribution in [3.63, 3.8) is 0 Å². The first kappa shape index (κ1) is 16.2. The predicted octanol–water partition coefficient (Wildman–Crippen LogP) is -1.23. The average Bonchev–Trinajstić information content (AvgIpc) is 2.70. The zero-order chi connectivity index (χ0) is 15.0. The molecule has 0 saturated carbocycles. The van der Waals surface area contributed by atoms with Crippen LogP contribution in [-0.2, 0) is 24.6 Å². The molecule has 2 rings (SSSR count). The first-order chi connectivity index (χ1) is 9.30. The maximum absolute atomic E-state index is 12.1. The highest BCUT2D eigenvalue weighted by Crippen LogP contribution is 2.28. The summed E-state index contributed by atoms with van der Waals surface area (Å²) < 4.78 is 54.5. The Balaban J connectivity index is 2.24. The van der Waals surface area contributed by atoms with Crippen LogP contribution in [0.2, 0.25) is 0 Å². The summed E-state index contributed by atoms with van der Waals surface area (Å²) in [6.45, 7) is 3.65. The number of ether oxygens (including phenoxy) is 1. The summed E-state index contributed by atoms with van der Waals surface area (Å²) in [6, 6.07) is -0.694. The lowest BCUT2D eigenvalue weighted by Crippen LogP contribution is -2.61. The van der Waals surface area contributed by atoms with Crippen molar-refractivity contribution in [2.75, 3.05) is 50.6 Å². The van der Waals surface area contributed by atoms with Crippen molar-refractivity contribution < 1.29 is 21.6 Å². The van der Waals surface area contributed by atoms with Gasteiger partial charge in [-0.05, 0) is 6.92 Å². The molecule has 20 heavy (non-hydrogen) atoms. The van der Waals surface area contributed by atoms with Gasteiger partial charge in [0.1, 0.15) is 0 Å². The van der Waals surface area contributed by atoms with Crippen molar-refractivity contribution in [1.29, 1.82) is 0 Å². The largest absolute Gasteiger partial charge is 0.383 e. The molecule has 2 aliphatic rings. The summed E-state index contributed by atoms with van der Waals surface area (Å²) in [6.07, 6.45) is 0. The second-order valence-corrected chi connectivity index (χ2v) is 9.62. The molecule has 2 aliphatic heterocycles. The Morgan fingerprint density at radius 1 is 1.20 bits per heavy atom. The van der Waals surface area contributed by atoms with Crippen molar-refractivity contribution >= 4 is 19.9 Å². The van der Waals surface area contributed by atoms with Crippen LogP contribution < -0.4 is 0 Å². The molecular formula is C11H22N2O5S2. The van der Waals surface area contributed by atoms with E-state index in [1.165, 1.54) is 4.31 Å². The molecule has 0 radical (unpaired) electrons. The Labute approximate surface area is 120 Å². The Hall–Kier alpha value is -0.220. The summed E-state index contributed by atoms with van der Waals surface area (Å²) in [7, 11) is -4.94. The monoisotopic (exact) mass is 326 g/mol. The minimum absolute atomic E-state index is 0.00827. The van der Waals surface area contributed by atoms with Gasteiger partial charge in [-0.15, -0.1) is 0 Å². The number of methoxy groups -OCH3 is 1. The molecule has 2 saturated heterocycles. The lowest BCUT2D eigenvalue weighted by Gasteiger charge is -2.42. The highest BCUT2D eigenvalue weighted by Gasteiger charge is 2.49. The van der Waals surface area contributed by atoms with E-state index in [0.29, 0.717) is 26.2 Å². The number of piperazine rings is 1. The van der Waals surface area contributed by atoms with Crippen LogP contribution >= 0.6 is 0 Å². The lowest BCUT2D eigenvalue weighted by atomic mass is 10.1. The molecular weight excluding hydrogens is 304 g/mol. The van der Waals surface area contributed by atoms with Gasteiger partial charge < -0.3 is 4.74 Å². The van der Waals surface area contributed by atoms with Crippen molar-refractivity contribution in [2.24, 2.45) is 0 Å². The van der Waals surface area contributed by atoms with E-state index in [-0.39, 0.29) is 23.3 Å². The topological polar surface area (TPSA) is 84.0 Å². The lowest BCUT2D eigenvalue weighted by molar-refractivity contribution is 0.0664. The predicted molar refractivity (Wildman–Crippen MR) is 75.8 cm³/mol. The molecule has 0 aliphatic carbocycles. The SMILES string of the molecule is CCS(=O)(=O)N1CCN(CCOC)[C@@H]2CS(=O)(=O)C[C@@H]21. The van der Waals surface area contributed by atoms with Crippen LogP contribution in [-0.4, -0.2) is 88.7 Å². The summed E-state index contributed by atoms with van der Waals surface area (Å²) >= 11 is 0. The van der Waals surface area contributed by atoms with E-state index in [0.717, 1.165) is 0 Å². The Kier molecular flexibility index (Phi) is 4.75. The molecule has 0 amide bonds. The van der Waals surface area contributed by atoms with E-state index in [1.54, 1.807) is 14.0 Å². The standard InChI is InChI=1S/C11H22N2O5S2/c1-3-20(16,17)13-5-4-12(6-7-18-2)10-8-19(14,15)9-11(10)13/h10-11H,3-9H2,1-2H3/t10-,11+/m1/s1. The average molecular weight is 326 g/mol. The smallest absolute Gasteiger partial charge is 0.214 e. The number of sulfone groups is 1. The summed E-state index contributed by atoms with van der Waals surface area (Å²) in [4.78, 5) is 2.04. The second kappa shape index (κ2) is 5.88. The zero-order valence-electron chi connectivity index (χ0n) is 11.9. The molecule has 7 nitrogen and oxygen atoms in total. The van der Waals surface area contributed by atoms with E-state index >= 15 is 0 Å². The zero-order valence-corrected chi connectivity index (χ0v) is 13.5. The van der Waals surface area contributed by atoms with Gasteiger partial charge in [-0.3, -0.25) is 4.90 Å². The molecule has 0 unspecified atom stereocenters.